The maximum Gasteiger partial charge on any atom is 0.295 e. The average molecular weight is 559 g/mol. The molecule has 2 N–H and O–H groups in total. The van der Waals surface area contributed by atoms with Crippen LogP contribution in [0.2, 0.25) is 0 Å². The predicted octanol–water partition coefficient (Wildman–Crippen LogP) is 4.25. The Morgan fingerprint density at radius 2 is 1.94 bits per heavy atom. The number of amides is 1. The highest BCUT2D eigenvalue weighted by Crippen LogP contribution is 2.44. The van der Waals surface area contributed by atoms with Gasteiger partial charge in [-0.1, -0.05) is 13.8 Å². The second-order valence-corrected chi connectivity index (χ2v) is 9.88. The molecule has 1 saturated heterocycles. The zero-order valence-electron chi connectivity index (χ0n) is 20.9. The summed E-state index contributed by atoms with van der Waals surface area (Å²) in [4.78, 5) is 30.3. The van der Waals surface area contributed by atoms with Gasteiger partial charge in [-0.15, -0.1) is 0 Å². The van der Waals surface area contributed by atoms with Gasteiger partial charge in [0.15, 0.2) is 11.5 Å². The van der Waals surface area contributed by atoms with Crippen molar-refractivity contribution in [2.24, 2.45) is 0 Å². The molecule has 2 aliphatic rings. The molecule has 36 heavy (non-hydrogen) atoms. The molecule has 192 valence electrons. The molecule has 2 aromatic rings. The molecule has 0 unspecified atom stereocenters. The fraction of sp³-hybridized carbons (Fsp3) is 0.407. The standard InChI is InChI=1S/C27H31BrN2O6/c1-5-29(6-2)9-10-30-23(18-13-19(28)25(32)21(14-18)35-4)22(26(33)27(30)34)24(31)16-7-8-20-17(12-16)11-15(3)36-20/h7-8,12-15,23,31-32H,5-6,9-11H2,1-4H3/b24-22+/t15-,23-/m1/s1. The molecule has 2 aromatic carbocycles. The van der Waals surface area contributed by atoms with Gasteiger partial charge >= 0.3 is 0 Å². The number of ketones is 1. The number of likely N-dealkylation sites (tertiary alicyclic amines) is 1. The zero-order valence-corrected chi connectivity index (χ0v) is 22.5. The number of likely N-dealkylation sites (N-methyl/N-ethyl adjacent to an activating group) is 1. The lowest BCUT2D eigenvalue weighted by Gasteiger charge is -2.28. The number of carbonyl (C=O) groups is 2. The van der Waals surface area contributed by atoms with E-state index in [9.17, 15) is 19.8 Å². The number of aromatic hydroxyl groups is 1. The molecule has 0 radical (unpaired) electrons. The van der Waals surface area contributed by atoms with Gasteiger partial charge < -0.3 is 29.5 Å². The SMILES string of the molecule is CCN(CC)CCN1C(=O)C(=O)/C(=C(/O)c2ccc3c(c2)C[C@@H](C)O3)[C@H]1c1cc(Br)c(O)c(OC)c1. The molecule has 0 aliphatic carbocycles. The lowest BCUT2D eigenvalue weighted by Crippen LogP contribution is -2.38. The van der Waals surface area contributed by atoms with E-state index in [1.165, 1.54) is 12.0 Å². The number of ether oxygens (including phenoxy) is 2. The Bertz CT molecular complexity index is 1220. The number of nitrogens with zero attached hydrogens (tertiary/aromatic N) is 2. The van der Waals surface area contributed by atoms with Crippen LogP contribution < -0.4 is 9.47 Å². The summed E-state index contributed by atoms with van der Waals surface area (Å²) in [7, 11) is 1.43. The summed E-state index contributed by atoms with van der Waals surface area (Å²) in [6.45, 7) is 8.52. The molecule has 0 saturated carbocycles. The molecule has 9 heteroatoms. The first-order chi connectivity index (χ1) is 17.2. The van der Waals surface area contributed by atoms with Crippen LogP contribution >= 0.6 is 15.9 Å². The largest absolute Gasteiger partial charge is 0.507 e. The summed E-state index contributed by atoms with van der Waals surface area (Å²) in [5.41, 5.74) is 1.93. The normalized spacial score (nSPS) is 20.7. The molecule has 0 bridgehead atoms. The van der Waals surface area contributed by atoms with E-state index in [-0.39, 0.29) is 28.9 Å². The van der Waals surface area contributed by atoms with Crippen LogP contribution in [0.15, 0.2) is 40.4 Å². The van der Waals surface area contributed by atoms with Crippen molar-refractivity contribution >= 4 is 33.4 Å². The Morgan fingerprint density at radius 1 is 1.22 bits per heavy atom. The fourth-order valence-electron chi connectivity index (χ4n) is 4.88. The topological polar surface area (TPSA) is 99.5 Å². The molecule has 0 aromatic heterocycles. The third-order valence-corrected chi connectivity index (χ3v) is 7.45. The van der Waals surface area contributed by atoms with Gasteiger partial charge in [0.1, 0.15) is 17.6 Å². The number of hydrogen-bond acceptors (Lipinski definition) is 7. The summed E-state index contributed by atoms with van der Waals surface area (Å²) < 4.78 is 11.4. The highest BCUT2D eigenvalue weighted by molar-refractivity contribution is 9.10. The van der Waals surface area contributed by atoms with Crippen molar-refractivity contribution in [2.45, 2.75) is 39.3 Å². The van der Waals surface area contributed by atoms with E-state index in [4.69, 9.17) is 9.47 Å². The second-order valence-electron chi connectivity index (χ2n) is 9.03. The fourth-order valence-corrected chi connectivity index (χ4v) is 5.34. The Kier molecular flexibility index (Phi) is 7.61. The Morgan fingerprint density at radius 3 is 2.61 bits per heavy atom. The molecule has 1 fully saturated rings. The molecule has 1 amide bonds. The minimum atomic E-state index is -0.852. The zero-order chi connectivity index (χ0) is 26.1. The van der Waals surface area contributed by atoms with Crippen LogP contribution in [0.3, 0.4) is 0 Å². The maximum absolute atomic E-state index is 13.4. The Labute approximate surface area is 219 Å². The minimum absolute atomic E-state index is 0.00565. The number of hydrogen-bond donors (Lipinski definition) is 2. The number of rotatable bonds is 8. The number of carbonyl (C=O) groups excluding carboxylic acids is 2. The molecular weight excluding hydrogens is 528 g/mol. The quantitative estimate of drug-likeness (QED) is 0.284. The predicted molar refractivity (Wildman–Crippen MR) is 139 cm³/mol. The first-order valence-electron chi connectivity index (χ1n) is 12.1. The summed E-state index contributed by atoms with van der Waals surface area (Å²) in [5, 5.41) is 21.8. The van der Waals surface area contributed by atoms with Crippen LogP contribution in [0, 0.1) is 0 Å². The number of methoxy groups -OCH3 is 1. The minimum Gasteiger partial charge on any atom is -0.507 e. The van der Waals surface area contributed by atoms with Gasteiger partial charge in [0, 0.05) is 25.1 Å². The molecule has 0 spiro atoms. The van der Waals surface area contributed by atoms with Crippen LogP contribution in [-0.2, 0) is 16.0 Å². The molecule has 4 rings (SSSR count). The Balaban J connectivity index is 1.85. The van der Waals surface area contributed by atoms with Gasteiger partial charge in [-0.05, 0) is 77.4 Å². The highest BCUT2D eigenvalue weighted by atomic mass is 79.9. The van der Waals surface area contributed by atoms with Crippen molar-refractivity contribution in [3.63, 3.8) is 0 Å². The van der Waals surface area contributed by atoms with E-state index in [1.54, 1.807) is 24.3 Å². The Hall–Kier alpha value is -3.04. The van der Waals surface area contributed by atoms with Crippen LogP contribution in [0.25, 0.3) is 5.76 Å². The van der Waals surface area contributed by atoms with Crippen molar-refractivity contribution in [3.8, 4) is 17.2 Å². The molecule has 2 atom stereocenters. The van der Waals surface area contributed by atoms with Crippen molar-refractivity contribution in [1.29, 1.82) is 0 Å². The summed E-state index contributed by atoms with van der Waals surface area (Å²) in [6, 6.07) is 7.66. The number of phenolic OH excluding ortho intramolecular Hbond substituents is 1. The van der Waals surface area contributed by atoms with Crippen molar-refractivity contribution in [3.05, 3.63) is 57.1 Å². The van der Waals surface area contributed by atoms with Gasteiger partial charge in [-0.25, -0.2) is 0 Å². The molecule has 2 aliphatic heterocycles. The average Bonchev–Trinajstić information content (AvgIpc) is 3.36. The third kappa shape index (κ3) is 4.69. The number of phenols is 1. The molecule has 2 heterocycles. The second kappa shape index (κ2) is 10.5. The van der Waals surface area contributed by atoms with E-state index >= 15 is 0 Å². The first kappa shape index (κ1) is 26.0. The number of benzene rings is 2. The third-order valence-electron chi connectivity index (χ3n) is 6.85. The maximum atomic E-state index is 13.4. The molecule has 8 nitrogen and oxygen atoms in total. The number of aliphatic hydroxyl groups is 1. The van der Waals surface area contributed by atoms with Crippen LogP contribution in [-0.4, -0.2) is 71.1 Å². The summed E-state index contributed by atoms with van der Waals surface area (Å²) >= 11 is 3.34. The van der Waals surface area contributed by atoms with Crippen molar-refractivity contribution in [1.82, 2.24) is 9.80 Å². The number of fused-ring (bicyclic) bond motifs is 1. The van der Waals surface area contributed by atoms with E-state index in [0.717, 1.165) is 24.4 Å². The monoisotopic (exact) mass is 558 g/mol. The van der Waals surface area contributed by atoms with Crippen molar-refractivity contribution < 1.29 is 29.3 Å². The van der Waals surface area contributed by atoms with Gasteiger partial charge in [-0.2, -0.15) is 0 Å². The van der Waals surface area contributed by atoms with Gasteiger partial charge in [0.25, 0.3) is 11.7 Å². The first-order valence-corrected chi connectivity index (χ1v) is 12.9. The van der Waals surface area contributed by atoms with E-state index in [2.05, 4.69) is 20.8 Å². The van der Waals surface area contributed by atoms with Gasteiger partial charge in [-0.3, -0.25) is 9.59 Å². The van der Waals surface area contributed by atoms with E-state index < -0.39 is 17.7 Å². The van der Waals surface area contributed by atoms with Gasteiger partial charge in [0.2, 0.25) is 0 Å². The van der Waals surface area contributed by atoms with E-state index in [1.807, 2.05) is 26.8 Å². The number of Topliss-reactive ketones (excluding diaryl/α,β-unsaturated/α-hetero) is 1. The van der Waals surface area contributed by atoms with Crippen LogP contribution in [0.1, 0.15) is 43.5 Å². The van der Waals surface area contributed by atoms with E-state index in [0.29, 0.717) is 35.1 Å². The highest BCUT2D eigenvalue weighted by Gasteiger charge is 2.46. The summed E-state index contributed by atoms with van der Waals surface area (Å²) in [6.07, 6.45) is 0.727. The number of aliphatic hydroxyl groups excluding tert-OH is 1. The lowest BCUT2D eigenvalue weighted by atomic mass is 9.94. The van der Waals surface area contributed by atoms with Crippen LogP contribution in [0.4, 0.5) is 0 Å². The summed E-state index contributed by atoms with van der Waals surface area (Å²) in [5.74, 6) is -0.802. The number of halogens is 1. The van der Waals surface area contributed by atoms with Crippen LogP contribution in [0.5, 0.6) is 17.2 Å². The van der Waals surface area contributed by atoms with Crippen molar-refractivity contribution in [2.75, 3.05) is 33.3 Å². The van der Waals surface area contributed by atoms with Gasteiger partial charge in [0.05, 0.1) is 23.2 Å². The lowest BCUT2D eigenvalue weighted by molar-refractivity contribution is -0.140. The smallest absolute Gasteiger partial charge is 0.295 e. The molecular formula is C27H31BrN2O6.